The molecular weight excluding hydrogens is 273 g/mol. The number of benzene rings is 3. The van der Waals surface area contributed by atoms with E-state index >= 15 is 0 Å². The molecule has 3 nitrogen and oxygen atoms in total. The van der Waals surface area contributed by atoms with Crippen molar-refractivity contribution in [2.75, 3.05) is 24.3 Å². The van der Waals surface area contributed by atoms with Crippen molar-refractivity contribution in [3.8, 4) is 0 Å². The Hall–Kier alpha value is -2.81. The normalized spacial score (nSPS) is 10.5. The van der Waals surface area contributed by atoms with Crippen molar-refractivity contribution >= 4 is 28.1 Å². The van der Waals surface area contributed by atoms with Gasteiger partial charge in [0.2, 0.25) is 0 Å². The molecule has 110 valence electrons. The number of carbonyl (C=O) groups excluding carboxylic acids is 1. The van der Waals surface area contributed by atoms with Gasteiger partial charge < -0.3 is 10.2 Å². The van der Waals surface area contributed by atoms with E-state index in [0.717, 1.165) is 22.1 Å². The number of rotatable bonds is 3. The van der Waals surface area contributed by atoms with Gasteiger partial charge >= 0.3 is 0 Å². The van der Waals surface area contributed by atoms with E-state index in [1.54, 1.807) is 4.90 Å². The first-order valence-corrected chi connectivity index (χ1v) is 7.25. The van der Waals surface area contributed by atoms with Gasteiger partial charge in [0.1, 0.15) is 0 Å². The van der Waals surface area contributed by atoms with E-state index in [-0.39, 0.29) is 5.91 Å². The summed E-state index contributed by atoms with van der Waals surface area (Å²) < 4.78 is 0. The summed E-state index contributed by atoms with van der Waals surface area (Å²) in [7, 11) is 3.71. The minimum atomic E-state index is -0.0148. The number of nitrogens with zero attached hydrogens (tertiary/aromatic N) is 1. The Kier molecular flexibility index (Phi) is 3.79. The van der Waals surface area contributed by atoms with Gasteiger partial charge in [0.25, 0.3) is 5.91 Å². The van der Waals surface area contributed by atoms with Crippen molar-refractivity contribution in [1.82, 2.24) is 0 Å². The Balaban J connectivity index is 2.12. The highest BCUT2D eigenvalue weighted by Crippen LogP contribution is 2.33. The van der Waals surface area contributed by atoms with Crippen LogP contribution in [0.5, 0.6) is 0 Å². The van der Waals surface area contributed by atoms with Crippen molar-refractivity contribution in [3.63, 3.8) is 0 Å². The van der Waals surface area contributed by atoms with Gasteiger partial charge in [-0.15, -0.1) is 0 Å². The lowest BCUT2D eigenvalue weighted by molar-refractivity contribution is 0.0993. The number of hydrogen-bond acceptors (Lipinski definition) is 2. The number of hydrogen-bond donors (Lipinski definition) is 1. The van der Waals surface area contributed by atoms with Gasteiger partial charge in [-0.25, -0.2) is 0 Å². The first-order valence-electron chi connectivity index (χ1n) is 7.25. The molecule has 3 aromatic rings. The van der Waals surface area contributed by atoms with E-state index in [1.165, 1.54) is 0 Å². The summed E-state index contributed by atoms with van der Waals surface area (Å²) in [4.78, 5) is 14.4. The number of anilines is 2. The molecule has 0 unspecified atom stereocenters. The van der Waals surface area contributed by atoms with Crippen LogP contribution in [0.4, 0.5) is 11.4 Å². The van der Waals surface area contributed by atoms with Gasteiger partial charge in [-0.2, -0.15) is 0 Å². The van der Waals surface area contributed by atoms with Crippen molar-refractivity contribution in [2.24, 2.45) is 0 Å². The first kappa shape index (κ1) is 14.1. The summed E-state index contributed by atoms with van der Waals surface area (Å²) in [5, 5.41) is 5.37. The molecule has 0 bridgehead atoms. The van der Waals surface area contributed by atoms with Gasteiger partial charge in [-0.05, 0) is 29.7 Å². The Morgan fingerprint density at radius 1 is 0.909 bits per heavy atom. The molecular formula is C19H18N2O. The van der Waals surface area contributed by atoms with Crippen molar-refractivity contribution in [1.29, 1.82) is 0 Å². The monoisotopic (exact) mass is 291 g/mol. The number of fused-ring (bicyclic) bond motifs is 1. The van der Waals surface area contributed by atoms with Crippen molar-refractivity contribution < 1.29 is 4.79 Å². The average molecular weight is 291 g/mol. The predicted molar refractivity (Wildman–Crippen MR) is 92.7 cm³/mol. The third kappa shape index (κ3) is 2.42. The molecule has 1 amide bonds. The molecule has 3 rings (SSSR count). The van der Waals surface area contributed by atoms with Crippen LogP contribution in [-0.4, -0.2) is 20.0 Å². The maximum atomic E-state index is 12.7. The number of carbonyl (C=O) groups is 1. The minimum absolute atomic E-state index is 0.0148. The number of amides is 1. The third-order valence-electron chi connectivity index (χ3n) is 3.84. The maximum Gasteiger partial charge on any atom is 0.258 e. The summed E-state index contributed by atoms with van der Waals surface area (Å²) in [6, 6.07) is 21.4. The molecule has 0 aliphatic carbocycles. The molecule has 0 aliphatic heterocycles. The van der Waals surface area contributed by atoms with Crippen LogP contribution in [-0.2, 0) is 0 Å². The quantitative estimate of drug-likeness (QED) is 0.735. The Morgan fingerprint density at radius 3 is 2.27 bits per heavy atom. The van der Waals surface area contributed by atoms with Gasteiger partial charge in [0.15, 0.2) is 0 Å². The maximum absolute atomic E-state index is 12.7. The molecule has 0 saturated carbocycles. The molecule has 0 fully saturated rings. The topological polar surface area (TPSA) is 32.3 Å². The molecule has 1 N–H and O–H groups in total. The van der Waals surface area contributed by atoms with E-state index in [9.17, 15) is 4.79 Å². The lowest BCUT2D eigenvalue weighted by Crippen LogP contribution is -2.26. The second-order valence-electron chi connectivity index (χ2n) is 5.16. The summed E-state index contributed by atoms with van der Waals surface area (Å²) in [5.74, 6) is -0.0148. The molecule has 0 radical (unpaired) electrons. The lowest BCUT2D eigenvalue weighted by atomic mass is 10.1. The SMILES string of the molecule is CNc1cccc2cccc(N(C)[13C](=O)c3ccccc3)c12. The zero-order chi connectivity index (χ0) is 15.5. The summed E-state index contributed by atoms with van der Waals surface area (Å²) in [6.45, 7) is 0. The highest BCUT2D eigenvalue weighted by atomic mass is 16.2. The Morgan fingerprint density at radius 2 is 1.59 bits per heavy atom. The third-order valence-corrected chi connectivity index (χ3v) is 3.84. The Bertz CT molecular complexity index is 807. The van der Waals surface area contributed by atoms with Gasteiger partial charge in [0, 0.05) is 30.7 Å². The van der Waals surface area contributed by atoms with Crippen molar-refractivity contribution in [2.45, 2.75) is 0 Å². The zero-order valence-electron chi connectivity index (χ0n) is 12.7. The smallest absolute Gasteiger partial charge is 0.258 e. The minimum Gasteiger partial charge on any atom is -0.388 e. The molecule has 0 aromatic heterocycles. The largest absolute Gasteiger partial charge is 0.388 e. The fourth-order valence-electron chi connectivity index (χ4n) is 2.69. The summed E-state index contributed by atoms with van der Waals surface area (Å²) >= 11 is 0. The van der Waals surface area contributed by atoms with Crippen LogP contribution in [0.25, 0.3) is 10.8 Å². The zero-order valence-corrected chi connectivity index (χ0v) is 12.7. The first-order chi connectivity index (χ1) is 10.7. The van der Waals surface area contributed by atoms with Crippen LogP contribution in [0.15, 0.2) is 66.7 Å². The summed E-state index contributed by atoms with van der Waals surface area (Å²) in [5.41, 5.74) is 2.60. The average Bonchev–Trinajstić information content (AvgIpc) is 2.60. The van der Waals surface area contributed by atoms with E-state index in [1.807, 2.05) is 68.7 Å². The molecule has 3 heteroatoms. The van der Waals surface area contributed by atoms with Crippen LogP contribution in [0.3, 0.4) is 0 Å². The van der Waals surface area contributed by atoms with Gasteiger partial charge in [0.05, 0.1) is 5.69 Å². The highest BCUT2D eigenvalue weighted by molar-refractivity contribution is 6.13. The van der Waals surface area contributed by atoms with Gasteiger partial charge in [-0.3, -0.25) is 4.79 Å². The van der Waals surface area contributed by atoms with Crippen LogP contribution in [0.1, 0.15) is 10.4 Å². The van der Waals surface area contributed by atoms with Crippen LogP contribution >= 0.6 is 0 Å². The molecule has 0 saturated heterocycles. The lowest BCUT2D eigenvalue weighted by Gasteiger charge is -2.21. The molecule has 22 heavy (non-hydrogen) atoms. The van der Waals surface area contributed by atoms with Gasteiger partial charge in [-0.1, -0.05) is 42.5 Å². The van der Waals surface area contributed by atoms with E-state index in [0.29, 0.717) is 5.56 Å². The van der Waals surface area contributed by atoms with Crippen LogP contribution in [0.2, 0.25) is 0 Å². The standard InChI is InChI=1S/C19H18N2O/c1-20-16-12-6-10-14-11-7-13-17(18(14)16)21(2)19(22)15-8-4-3-5-9-15/h3-13,20H,1-2H3/i19+1. The fourth-order valence-corrected chi connectivity index (χ4v) is 2.69. The highest BCUT2D eigenvalue weighted by Gasteiger charge is 2.16. The molecule has 0 spiro atoms. The van der Waals surface area contributed by atoms with E-state index < -0.39 is 0 Å². The molecule has 0 atom stereocenters. The van der Waals surface area contributed by atoms with Crippen LogP contribution in [0, 0.1) is 0 Å². The van der Waals surface area contributed by atoms with E-state index in [4.69, 9.17) is 0 Å². The van der Waals surface area contributed by atoms with E-state index in [2.05, 4.69) is 17.4 Å². The molecule has 3 aromatic carbocycles. The molecule has 0 heterocycles. The second-order valence-corrected chi connectivity index (χ2v) is 5.16. The Labute approximate surface area is 130 Å². The van der Waals surface area contributed by atoms with Crippen LogP contribution < -0.4 is 10.2 Å². The molecule has 0 aliphatic rings. The fraction of sp³-hybridized carbons (Fsp3) is 0.105. The summed E-state index contributed by atoms with van der Waals surface area (Å²) in [6.07, 6.45) is 0. The van der Waals surface area contributed by atoms with Crippen molar-refractivity contribution in [3.05, 3.63) is 72.3 Å². The second kappa shape index (κ2) is 5.90. The number of nitrogens with one attached hydrogen (secondary N) is 1. The predicted octanol–water partition coefficient (Wildman–Crippen LogP) is 4.16.